The quantitative estimate of drug-likeness (QED) is 0.563. The van der Waals surface area contributed by atoms with Gasteiger partial charge >= 0.3 is 5.97 Å². The summed E-state index contributed by atoms with van der Waals surface area (Å²) < 4.78 is 6.64. The first-order valence-corrected chi connectivity index (χ1v) is 4.80. The summed E-state index contributed by atoms with van der Waals surface area (Å²) >= 11 is 0. The van der Waals surface area contributed by atoms with E-state index in [4.69, 9.17) is 4.74 Å². The summed E-state index contributed by atoms with van der Waals surface area (Å²) in [6, 6.07) is 1.55. The van der Waals surface area contributed by atoms with Gasteiger partial charge in [0.2, 0.25) is 0 Å². The molecule has 0 aliphatic carbocycles. The molecule has 0 N–H and O–H groups in total. The Bertz CT molecular complexity index is 391. The summed E-state index contributed by atoms with van der Waals surface area (Å²) in [5, 5.41) is 0. The second-order valence-electron chi connectivity index (χ2n) is 3.74. The zero-order valence-corrected chi connectivity index (χ0v) is 9.40. The van der Waals surface area contributed by atoms with Crippen LogP contribution in [-0.2, 0) is 11.8 Å². The number of aryl methyl sites for hydroxylation is 1. The fourth-order valence-electron chi connectivity index (χ4n) is 1.23. The van der Waals surface area contributed by atoms with Gasteiger partial charge in [0.1, 0.15) is 5.69 Å². The van der Waals surface area contributed by atoms with E-state index in [1.165, 1.54) is 6.92 Å². The fourth-order valence-corrected chi connectivity index (χ4v) is 1.23. The summed E-state index contributed by atoms with van der Waals surface area (Å²) in [4.78, 5) is 22.6. The highest BCUT2D eigenvalue weighted by molar-refractivity contribution is 5.97. The van der Waals surface area contributed by atoms with Crippen molar-refractivity contribution >= 4 is 11.8 Å². The average molecular weight is 209 g/mol. The standard InChI is InChI=1S/C11H15NO3/c1-7(2)15-11(14)10-5-9(8(3)13)6-12(10)4/h5-7H,1-4H3. The Hall–Kier alpha value is -1.58. The van der Waals surface area contributed by atoms with Crippen molar-refractivity contribution in [1.29, 1.82) is 0 Å². The molecule has 0 unspecified atom stereocenters. The van der Waals surface area contributed by atoms with Gasteiger partial charge in [0, 0.05) is 18.8 Å². The predicted molar refractivity (Wildman–Crippen MR) is 56.0 cm³/mol. The molecular weight excluding hydrogens is 194 g/mol. The van der Waals surface area contributed by atoms with Gasteiger partial charge in [0.05, 0.1) is 6.10 Å². The van der Waals surface area contributed by atoms with Crippen LogP contribution in [0.25, 0.3) is 0 Å². The second-order valence-corrected chi connectivity index (χ2v) is 3.74. The third-order valence-electron chi connectivity index (χ3n) is 1.96. The molecule has 0 spiro atoms. The molecule has 15 heavy (non-hydrogen) atoms. The molecule has 0 atom stereocenters. The molecule has 0 radical (unpaired) electrons. The number of Topliss-reactive ketones (excluding diaryl/α,β-unsaturated/α-hetero) is 1. The van der Waals surface area contributed by atoms with Crippen molar-refractivity contribution < 1.29 is 14.3 Å². The van der Waals surface area contributed by atoms with Crippen molar-refractivity contribution in [2.24, 2.45) is 7.05 Å². The third kappa shape index (κ3) is 2.68. The molecule has 1 heterocycles. The normalized spacial score (nSPS) is 10.5. The van der Waals surface area contributed by atoms with E-state index in [0.717, 1.165) is 0 Å². The molecular formula is C11H15NO3. The minimum absolute atomic E-state index is 0.0609. The molecule has 4 heteroatoms. The molecule has 1 aromatic heterocycles. The van der Waals surface area contributed by atoms with E-state index in [1.54, 1.807) is 37.7 Å². The minimum atomic E-state index is -0.403. The maximum atomic E-state index is 11.6. The van der Waals surface area contributed by atoms with Gasteiger partial charge in [0.15, 0.2) is 5.78 Å². The Balaban J connectivity index is 2.94. The van der Waals surface area contributed by atoms with Gasteiger partial charge in [-0.1, -0.05) is 0 Å². The number of hydrogen-bond acceptors (Lipinski definition) is 3. The zero-order valence-electron chi connectivity index (χ0n) is 9.40. The number of aromatic nitrogens is 1. The third-order valence-corrected chi connectivity index (χ3v) is 1.96. The average Bonchev–Trinajstić information content (AvgIpc) is 2.46. The first-order valence-electron chi connectivity index (χ1n) is 4.80. The van der Waals surface area contributed by atoms with Gasteiger partial charge in [-0.05, 0) is 26.8 Å². The number of hydrogen-bond donors (Lipinski definition) is 0. The summed E-state index contributed by atoms with van der Waals surface area (Å²) in [6.07, 6.45) is 1.47. The van der Waals surface area contributed by atoms with Gasteiger partial charge in [-0.15, -0.1) is 0 Å². The van der Waals surface area contributed by atoms with Crippen LogP contribution in [0.15, 0.2) is 12.3 Å². The number of rotatable bonds is 3. The smallest absolute Gasteiger partial charge is 0.355 e. The molecule has 1 rings (SSSR count). The fraction of sp³-hybridized carbons (Fsp3) is 0.455. The van der Waals surface area contributed by atoms with Crippen LogP contribution in [0.5, 0.6) is 0 Å². The number of ketones is 1. The summed E-state index contributed by atoms with van der Waals surface area (Å²) in [5.74, 6) is -0.464. The second kappa shape index (κ2) is 4.29. The molecule has 1 aromatic rings. The minimum Gasteiger partial charge on any atom is -0.458 e. The van der Waals surface area contributed by atoms with Crippen LogP contribution in [0.1, 0.15) is 41.6 Å². The number of carbonyl (C=O) groups excluding carboxylic acids is 2. The van der Waals surface area contributed by atoms with E-state index < -0.39 is 5.97 Å². The molecule has 0 aliphatic rings. The lowest BCUT2D eigenvalue weighted by atomic mass is 10.2. The summed E-state index contributed by atoms with van der Waals surface area (Å²) in [5.41, 5.74) is 0.919. The molecule has 0 aliphatic heterocycles. The lowest BCUT2D eigenvalue weighted by Crippen LogP contribution is -2.14. The van der Waals surface area contributed by atoms with Crippen LogP contribution in [0.2, 0.25) is 0 Å². The highest BCUT2D eigenvalue weighted by Crippen LogP contribution is 2.10. The van der Waals surface area contributed by atoms with E-state index in [9.17, 15) is 9.59 Å². The number of carbonyl (C=O) groups is 2. The predicted octanol–water partition coefficient (Wildman–Crippen LogP) is 1.79. The highest BCUT2D eigenvalue weighted by atomic mass is 16.5. The van der Waals surface area contributed by atoms with Crippen LogP contribution in [0, 0.1) is 0 Å². The van der Waals surface area contributed by atoms with Gasteiger partial charge in [-0.25, -0.2) is 4.79 Å². The monoisotopic (exact) mass is 209 g/mol. The van der Waals surface area contributed by atoms with E-state index in [0.29, 0.717) is 11.3 Å². The molecule has 0 amide bonds. The van der Waals surface area contributed by atoms with Crippen LogP contribution in [0.3, 0.4) is 0 Å². The Morgan fingerprint density at radius 3 is 2.40 bits per heavy atom. The van der Waals surface area contributed by atoms with Crippen molar-refractivity contribution in [3.05, 3.63) is 23.5 Å². The molecule has 4 nitrogen and oxygen atoms in total. The first-order chi connectivity index (χ1) is 6.91. The Morgan fingerprint density at radius 1 is 1.40 bits per heavy atom. The van der Waals surface area contributed by atoms with Crippen LogP contribution < -0.4 is 0 Å². The van der Waals surface area contributed by atoms with Crippen molar-refractivity contribution in [3.8, 4) is 0 Å². The van der Waals surface area contributed by atoms with Crippen LogP contribution in [-0.4, -0.2) is 22.4 Å². The Morgan fingerprint density at radius 2 is 2.00 bits per heavy atom. The maximum Gasteiger partial charge on any atom is 0.355 e. The molecule has 0 saturated heterocycles. The van der Waals surface area contributed by atoms with Crippen molar-refractivity contribution in [2.45, 2.75) is 26.9 Å². The van der Waals surface area contributed by atoms with Gasteiger partial charge in [0.25, 0.3) is 0 Å². The zero-order chi connectivity index (χ0) is 11.6. The largest absolute Gasteiger partial charge is 0.458 e. The lowest BCUT2D eigenvalue weighted by Gasteiger charge is -2.07. The van der Waals surface area contributed by atoms with Crippen LogP contribution in [0.4, 0.5) is 0 Å². The van der Waals surface area contributed by atoms with Crippen molar-refractivity contribution in [2.75, 3.05) is 0 Å². The summed E-state index contributed by atoms with van der Waals surface area (Å²) in [6.45, 7) is 5.03. The Labute approximate surface area is 88.8 Å². The van der Waals surface area contributed by atoms with Crippen molar-refractivity contribution in [1.82, 2.24) is 4.57 Å². The van der Waals surface area contributed by atoms with Gasteiger partial charge in [-0.3, -0.25) is 4.79 Å². The molecule has 82 valence electrons. The van der Waals surface area contributed by atoms with E-state index in [1.807, 2.05) is 0 Å². The first kappa shape index (κ1) is 11.5. The molecule has 0 fully saturated rings. The lowest BCUT2D eigenvalue weighted by molar-refractivity contribution is 0.0366. The molecule has 0 saturated carbocycles. The van der Waals surface area contributed by atoms with Crippen LogP contribution >= 0.6 is 0 Å². The molecule has 0 bridgehead atoms. The van der Waals surface area contributed by atoms with E-state index in [-0.39, 0.29) is 11.9 Å². The van der Waals surface area contributed by atoms with Crippen molar-refractivity contribution in [3.63, 3.8) is 0 Å². The topological polar surface area (TPSA) is 48.3 Å². The highest BCUT2D eigenvalue weighted by Gasteiger charge is 2.15. The maximum absolute atomic E-state index is 11.6. The number of ether oxygens (including phenoxy) is 1. The van der Waals surface area contributed by atoms with E-state index in [2.05, 4.69) is 0 Å². The summed E-state index contributed by atoms with van der Waals surface area (Å²) in [7, 11) is 1.71. The SMILES string of the molecule is CC(=O)c1cc(C(=O)OC(C)C)n(C)c1. The van der Waals surface area contributed by atoms with E-state index >= 15 is 0 Å². The Kier molecular flexibility index (Phi) is 3.29. The number of esters is 1. The molecule has 0 aromatic carbocycles. The van der Waals surface area contributed by atoms with Gasteiger partial charge in [-0.2, -0.15) is 0 Å². The van der Waals surface area contributed by atoms with Gasteiger partial charge < -0.3 is 9.30 Å². The number of nitrogens with zero attached hydrogens (tertiary/aromatic N) is 1.